The molecule has 4 nitrogen and oxygen atoms in total. The molecule has 1 saturated carbocycles. The summed E-state index contributed by atoms with van der Waals surface area (Å²) in [5, 5.41) is 6.78. The number of pyridine rings is 1. The van der Waals surface area contributed by atoms with Crippen molar-refractivity contribution < 1.29 is 4.79 Å². The molecule has 112 valence electrons. The van der Waals surface area contributed by atoms with Crippen molar-refractivity contribution in [1.29, 1.82) is 0 Å². The summed E-state index contributed by atoms with van der Waals surface area (Å²) in [6.45, 7) is 2.43. The van der Waals surface area contributed by atoms with E-state index in [1.54, 1.807) is 12.3 Å². The summed E-state index contributed by atoms with van der Waals surface area (Å²) in [5.74, 6) is 4.16. The first-order chi connectivity index (χ1) is 10.2. The van der Waals surface area contributed by atoms with Gasteiger partial charge in [-0.2, -0.15) is 11.8 Å². The third-order valence-electron chi connectivity index (χ3n) is 3.54. The van der Waals surface area contributed by atoms with Crippen LogP contribution >= 0.6 is 11.8 Å². The molecule has 2 atom stereocenters. The van der Waals surface area contributed by atoms with E-state index in [4.69, 9.17) is 6.42 Å². The number of carbonyl (C=O) groups excluding carboxylic acids is 1. The van der Waals surface area contributed by atoms with Crippen LogP contribution in [0.3, 0.4) is 0 Å². The molecular weight excluding hydrogens is 282 g/mol. The number of nitrogens with one attached hydrogen (secondary N) is 2. The second-order valence-electron chi connectivity index (χ2n) is 4.99. The Morgan fingerprint density at radius 3 is 3.05 bits per heavy atom. The summed E-state index contributed by atoms with van der Waals surface area (Å²) in [7, 11) is 0. The average Bonchev–Trinajstić information content (AvgIpc) is 2.93. The molecule has 1 aliphatic carbocycles. The van der Waals surface area contributed by atoms with Gasteiger partial charge >= 0.3 is 0 Å². The average molecular weight is 303 g/mol. The van der Waals surface area contributed by atoms with Crippen molar-refractivity contribution in [2.75, 3.05) is 17.6 Å². The predicted molar refractivity (Wildman–Crippen MR) is 88.6 cm³/mol. The van der Waals surface area contributed by atoms with Crippen LogP contribution in [0.1, 0.15) is 36.5 Å². The summed E-state index contributed by atoms with van der Waals surface area (Å²) in [5.41, 5.74) is 0.529. The highest BCUT2D eigenvalue weighted by Gasteiger charge is 2.27. The lowest BCUT2D eigenvalue weighted by molar-refractivity contribution is 0.0958. The van der Waals surface area contributed by atoms with E-state index in [1.807, 2.05) is 17.8 Å². The van der Waals surface area contributed by atoms with E-state index in [2.05, 4.69) is 28.5 Å². The Kier molecular flexibility index (Phi) is 5.94. The van der Waals surface area contributed by atoms with Crippen LogP contribution in [-0.4, -0.2) is 34.5 Å². The molecule has 0 aromatic carbocycles. The zero-order chi connectivity index (χ0) is 15.1. The molecule has 1 aromatic heterocycles. The van der Waals surface area contributed by atoms with Gasteiger partial charge in [0.1, 0.15) is 5.82 Å². The fourth-order valence-corrected chi connectivity index (χ4v) is 3.74. The molecule has 0 spiro atoms. The largest absolute Gasteiger partial charge is 0.366 e. The molecule has 0 bridgehead atoms. The van der Waals surface area contributed by atoms with Crippen LogP contribution in [0.2, 0.25) is 0 Å². The summed E-state index contributed by atoms with van der Waals surface area (Å²) >= 11 is 2.01. The number of hydrogen-bond acceptors (Lipinski definition) is 4. The van der Waals surface area contributed by atoms with Gasteiger partial charge in [0, 0.05) is 17.5 Å². The third kappa shape index (κ3) is 4.40. The third-order valence-corrected chi connectivity index (χ3v) is 4.87. The van der Waals surface area contributed by atoms with Crippen LogP contribution in [0, 0.1) is 12.3 Å². The van der Waals surface area contributed by atoms with E-state index in [-0.39, 0.29) is 12.5 Å². The molecule has 1 aromatic rings. The first-order valence-corrected chi connectivity index (χ1v) is 8.35. The van der Waals surface area contributed by atoms with Crippen LogP contribution in [0.5, 0.6) is 0 Å². The molecule has 1 aliphatic rings. The zero-order valence-corrected chi connectivity index (χ0v) is 13.1. The van der Waals surface area contributed by atoms with Crippen LogP contribution in [0.25, 0.3) is 0 Å². The maximum absolute atomic E-state index is 11.7. The zero-order valence-electron chi connectivity index (χ0n) is 12.3. The highest BCUT2D eigenvalue weighted by molar-refractivity contribution is 7.99. The van der Waals surface area contributed by atoms with Gasteiger partial charge in [0.25, 0.3) is 5.91 Å². The van der Waals surface area contributed by atoms with Crippen molar-refractivity contribution in [3.63, 3.8) is 0 Å². The lowest BCUT2D eigenvalue weighted by Gasteiger charge is -2.20. The second-order valence-corrected chi connectivity index (χ2v) is 6.51. The lowest BCUT2D eigenvalue weighted by Crippen LogP contribution is -2.27. The van der Waals surface area contributed by atoms with E-state index < -0.39 is 0 Å². The van der Waals surface area contributed by atoms with Gasteiger partial charge in [-0.15, -0.1) is 6.42 Å². The Labute approximate surface area is 130 Å². The van der Waals surface area contributed by atoms with E-state index in [0.29, 0.717) is 16.9 Å². The number of hydrogen-bond donors (Lipinski definition) is 2. The minimum atomic E-state index is -0.188. The number of rotatable bonds is 6. The van der Waals surface area contributed by atoms with Gasteiger partial charge in [0.05, 0.1) is 12.1 Å². The fraction of sp³-hybridized carbons (Fsp3) is 0.500. The lowest BCUT2D eigenvalue weighted by atomic mass is 10.2. The molecule has 0 saturated heterocycles. The van der Waals surface area contributed by atoms with Crippen molar-refractivity contribution in [1.82, 2.24) is 10.3 Å². The van der Waals surface area contributed by atoms with Gasteiger partial charge in [-0.3, -0.25) is 4.79 Å². The van der Waals surface area contributed by atoms with Gasteiger partial charge in [-0.05, 0) is 30.7 Å². The smallest absolute Gasteiger partial charge is 0.253 e. The molecule has 0 aliphatic heterocycles. The second kappa shape index (κ2) is 7.94. The van der Waals surface area contributed by atoms with E-state index in [9.17, 15) is 4.79 Å². The fourth-order valence-electron chi connectivity index (χ4n) is 2.54. The first-order valence-electron chi connectivity index (χ1n) is 7.30. The van der Waals surface area contributed by atoms with Gasteiger partial charge in [-0.25, -0.2) is 4.98 Å². The number of thioether (sulfide) groups is 1. The van der Waals surface area contributed by atoms with E-state index in [1.165, 1.54) is 19.3 Å². The van der Waals surface area contributed by atoms with Crippen molar-refractivity contribution in [2.24, 2.45) is 0 Å². The summed E-state index contributed by atoms with van der Waals surface area (Å²) in [4.78, 5) is 16.1. The topological polar surface area (TPSA) is 54.0 Å². The van der Waals surface area contributed by atoms with Crippen molar-refractivity contribution in [3.8, 4) is 12.3 Å². The molecule has 2 N–H and O–H groups in total. The minimum absolute atomic E-state index is 0.188. The van der Waals surface area contributed by atoms with Crippen LogP contribution < -0.4 is 10.6 Å². The van der Waals surface area contributed by atoms with E-state index >= 15 is 0 Å². The van der Waals surface area contributed by atoms with E-state index in [0.717, 1.165) is 11.6 Å². The molecule has 1 amide bonds. The highest BCUT2D eigenvalue weighted by atomic mass is 32.2. The van der Waals surface area contributed by atoms with Crippen molar-refractivity contribution >= 4 is 23.5 Å². The number of terminal acetylenes is 1. The number of amides is 1. The first kappa shape index (κ1) is 15.7. The predicted octanol–water partition coefficient (Wildman–Crippen LogP) is 2.53. The van der Waals surface area contributed by atoms with Gasteiger partial charge in [-0.1, -0.05) is 19.3 Å². The molecule has 0 radical (unpaired) electrons. The standard InChI is InChI=1S/C16H21N3OS/c1-3-10-17-16(20)12-8-9-15(18-11-12)19-13-6-5-7-14(13)21-4-2/h1,8-9,11,13-14H,4-7,10H2,2H3,(H,17,20)(H,18,19). The maximum atomic E-state index is 11.7. The molecule has 21 heavy (non-hydrogen) atoms. The maximum Gasteiger partial charge on any atom is 0.253 e. The van der Waals surface area contributed by atoms with Crippen molar-refractivity contribution in [2.45, 2.75) is 37.5 Å². The summed E-state index contributed by atoms with van der Waals surface area (Å²) < 4.78 is 0. The molecule has 2 rings (SSSR count). The number of aromatic nitrogens is 1. The minimum Gasteiger partial charge on any atom is -0.366 e. The molecule has 2 unspecified atom stereocenters. The van der Waals surface area contributed by atoms with Crippen molar-refractivity contribution in [3.05, 3.63) is 23.9 Å². The normalized spacial score (nSPS) is 20.8. The molecule has 1 fully saturated rings. The Morgan fingerprint density at radius 2 is 2.38 bits per heavy atom. The monoisotopic (exact) mass is 303 g/mol. The quantitative estimate of drug-likeness (QED) is 0.793. The summed E-state index contributed by atoms with van der Waals surface area (Å²) in [6, 6.07) is 4.11. The molecule has 1 heterocycles. The highest BCUT2D eigenvalue weighted by Crippen LogP contribution is 2.31. The number of carbonyl (C=O) groups is 1. The van der Waals surface area contributed by atoms with Gasteiger partial charge in [0.15, 0.2) is 0 Å². The Morgan fingerprint density at radius 1 is 1.52 bits per heavy atom. The van der Waals surface area contributed by atoms with Crippen LogP contribution in [0.15, 0.2) is 18.3 Å². The summed E-state index contributed by atoms with van der Waals surface area (Å²) in [6.07, 6.45) is 10.4. The van der Waals surface area contributed by atoms with Crippen LogP contribution in [0.4, 0.5) is 5.82 Å². The Hall–Kier alpha value is -1.67. The Bertz CT molecular complexity index is 509. The van der Waals surface area contributed by atoms with Gasteiger partial charge in [0.2, 0.25) is 0 Å². The SMILES string of the molecule is C#CCNC(=O)c1ccc(NC2CCCC2SCC)nc1. The van der Waals surface area contributed by atoms with Crippen LogP contribution in [-0.2, 0) is 0 Å². The molecular formula is C16H21N3OS. The number of anilines is 1. The van der Waals surface area contributed by atoms with Gasteiger partial charge < -0.3 is 10.6 Å². The Balaban J connectivity index is 1.93. The number of nitrogens with zero attached hydrogens (tertiary/aromatic N) is 1. The molecule has 5 heteroatoms.